The van der Waals surface area contributed by atoms with Crippen LogP contribution in [-0.2, 0) is 0 Å². The molecular formula is C20H33FIN5. The fraction of sp³-hybridized carbons (Fsp3) is 0.650. The Labute approximate surface area is 179 Å². The van der Waals surface area contributed by atoms with Crippen LogP contribution in [0.5, 0.6) is 0 Å². The monoisotopic (exact) mass is 489 g/mol. The Balaban J connectivity index is 0.00000261. The molecule has 2 heterocycles. The topological polar surface area (TPSA) is 48.1 Å². The number of piperidine rings is 1. The van der Waals surface area contributed by atoms with Crippen LogP contribution in [0.25, 0.3) is 0 Å². The van der Waals surface area contributed by atoms with E-state index in [-0.39, 0.29) is 29.8 Å². The maximum Gasteiger partial charge on any atom is 0.191 e. The number of nitrogens with zero attached hydrogens (tertiary/aromatic N) is 4. The van der Waals surface area contributed by atoms with Crippen LogP contribution in [0, 0.1) is 11.7 Å². The maximum atomic E-state index is 13.1. The van der Waals surface area contributed by atoms with Crippen molar-refractivity contribution >= 4 is 35.6 Å². The number of hydrogen-bond acceptors (Lipinski definition) is 3. The van der Waals surface area contributed by atoms with Crippen LogP contribution in [-0.4, -0.2) is 68.1 Å². The number of piperazine rings is 1. The summed E-state index contributed by atoms with van der Waals surface area (Å²) in [6.07, 6.45) is 4.03. The summed E-state index contributed by atoms with van der Waals surface area (Å²) < 4.78 is 13.1. The first kappa shape index (κ1) is 22.2. The van der Waals surface area contributed by atoms with Gasteiger partial charge >= 0.3 is 0 Å². The number of aliphatic imine (C=N–C) groups is 1. The maximum absolute atomic E-state index is 13.1. The van der Waals surface area contributed by atoms with Gasteiger partial charge in [-0.15, -0.1) is 24.0 Å². The number of rotatable bonds is 5. The second kappa shape index (κ2) is 11.0. The highest BCUT2D eigenvalue weighted by Gasteiger charge is 2.19. The van der Waals surface area contributed by atoms with Gasteiger partial charge in [0, 0.05) is 45.0 Å². The van der Waals surface area contributed by atoms with Gasteiger partial charge in [-0.3, -0.25) is 4.99 Å². The van der Waals surface area contributed by atoms with Gasteiger partial charge in [0.25, 0.3) is 0 Å². The van der Waals surface area contributed by atoms with E-state index in [9.17, 15) is 4.39 Å². The Kier molecular flexibility index (Phi) is 9.08. The van der Waals surface area contributed by atoms with Crippen LogP contribution >= 0.6 is 24.0 Å². The molecule has 3 rings (SSSR count). The van der Waals surface area contributed by atoms with E-state index < -0.39 is 0 Å². The van der Waals surface area contributed by atoms with Gasteiger partial charge in [0.1, 0.15) is 5.82 Å². The van der Waals surface area contributed by atoms with Crippen molar-refractivity contribution in [2.24, 2.45) is 16.6 Å². The minimum absolute atomic E-state index is 0. The van der Waals surface area contributed by atoms with E-state index >= 15 is 0 Å². The summed E-state index contributed by atoms with van der Waals surface area (Å²) in [6, 6.07) is 6.71. The lowest BCUT2D eigenvalue weighted by molar-refractivity contribution is 0.202. The minimum atomic E-state index is -0.192. The van der Waals surface area contributed by atoms with Gasteiger partial charge in [-0.25, -0.2) is 4.39 Å². The first-order chi connectivity index (χ1) is 12.6. The Morgan fingerprint density at radius 2 is 1.67 bits per heavy atom. The van der Waals surface area contributed by atoms with Gasteiger partial charge < -0.3 is 20.4 Å². The third kappa shape index (κ3) is 6.78. The molecule has 7 heteroatoms. The van der Waals surface area contributed by atoms with Gasteiger partial charge in [-0.05, 0) is 56.1 Å². The normalized spacial score (nSPS) is 20.3. The molecule has 2 N–H and O–H groups in total. The van der Waals surface area contributed by atoms with E-state index in [0.29, 0.717) is 11.9 Å². The molecule has 1 unspecified atom stereocenters. The largest absolute Gasteiger partial charge is 0.370 e. The molecule has 0 amide bonds. The molecule has 0 saturated carbocycles. The molecule has 2 aliphatic heterocycles. The highest BCUT2D eigenvalue weighted by molar-refractivity contribution is 14.0. The summed E-state index contributed by atoms with van der Waals surface area (Å²) in [4.78, 5) is 11.6. The molecule has 152 valence electrons. The summed E-state index contributed by atoms with van der Waals surface area (Å²) >= 11 is 0. The zero-order valence-corrected chi connectivity index (χ0v) is 18.6. The molecule has 0 spiro atoms. The SMILES string of the molecule is CC(CN=C(N)N1CCN(c2ccc(F)cc2)CC1)CN1CCCCC1.I. The Bertz CT molecular complexity index is 581. The molecule has 27 heavy (non-hydrogen) atoms. The quantitative estimate of drug-likeness (QED) is 0.393. The first-order valence-electron chi connectivity index (χ1n) is 9.89. The van der Waals surface area contributed by atoms with Crippen molar-refractivity contribution in [3.8, 4) is 0 Å². The van der Waals surface area contributed by atoms with Crippen molar-refractivity contribution in [3.63, 3.8) is 0 Å². The van der Waals surface area contributed by atoms with Gasteiger partial charge in [-0.1, -0.05) is 13.3 Å². The highest BCUT2D eigenvalue weighted by atomic mass is 127. The first-order valence-corrected chi connectivity index (χ1v) is 9.89. The average Bonchev–Trinajstić information content (AvgIpc) is 2.68. The molecule has 2 saturated heterocycles. The van der Waals surface area contributed by atoms with E-state index in [1.807, 2.05) is 12.1 Å². The Morgan fingerprint density at radius 1 is 1.04 bits per heavy atom. The van der Waals surface area contributed by atoms with Gasteiger partial charge in [0.05, 0.1) is 0 Å². The molecule has 2 fully saturated rings. The fourth-order valence-electron chi connectivity index (χ4n) is 3.84. The van der Waals surface area contributed by atoms with Crippen LogP contribution in [0.3, 0.4) is 0 Å². The standard InChI is InChI=1S/C20H32FN5.HI/c1-17(16-24-9-3-2-4-10-24)15-23-20(22)26-13-11-25(12-14-26)19-7-5-18(21)6-8-19;/h5-8,17H,2-4,9-16H2,1H3,(H2,22,23);1H. The zero-order valence-electron chi connectivity index (χ0n) is 16.3. The highest BCUT2D eigenvalue weighted by Crippen LogP contribution is 2.17. The van der Waals surface area contributed by atoms with Crippen LogP contribution in [0.1, 0.15) is 26.2 Å². The van der Waals surface area contributed by atoms with Crippen LogP contribution in [0.15, 0.2) is 29.3 Å². The number of anilines is 1. The number of nitrogens with two attached hydrogens (primary N) is 1. The van der Waals surface area contributed by atoms with Crippen molar-refractivity contribution in [3.05, 3.63) is 30.1 Å². The third-order valence-corrected chi connectivity index (χ3v) is 5.38. The number of likely N-dealkylation sites (tertiary alicyclic amines) is 1. The summed E-state index contributed by atoms with van der Waals surface area (Å²) in [6.45, 7) is 10.1. The number of halogens is 2. The van der Waals surface area contributed by atoms with Crippen LogP contribution < -0.4 is 10.6 Å². The van der Waals surface area contributed by atoms with Crippen molar-refractivity contribution in [1.82, 2.24) is 9.80 Å². The fourth-order valence-corrected chi connectivity index (χ4v) is 3.84. The molecule has 2 aliphatic rings. The zero-order chi connectivity index (χ0) is 18.4. The molecule has 0 radical (unpaired) electrons. The Morgan fingerprint density at radius 3 is 2.30 bits per heavy atom. The lowest BCUT2D eigenvalue weighted by Crippen LogP contribution is -2.51. The van der Waals surface area contributed by atoms with Crippen molar-refractivity contribution < 1.29 is 4.39 Å². The van der Waals surface area contributed by atoms with Crippen LogP contribution in [0.4, 0.5) is 10.1 Å². The van der Waals surface area contributed by atoms with Gasteiger partial charge in [0.15, 0.2) is 5.96 Å². The number of guanidine groups is 1. The average molecular weight is 489 g/mol. The molecule has 1 atom stereocenters. The summed E-state index contributed by atoms with van der Waals surface area (Å²) in [5.74, 6) is 1.00. The third-order valence-electron chi connectivity index (χ3n) is 5.38. The molecule has 0 aliphatic carbocycles. The number of benzene rings is 1. The predicted octanol–water partition coefficient (Wildman–Crippen LogP) is 3.00. The van der Waals surface area contributed by atoms with E-state index in [2.05, 4.69) is 26.6 Å². The van der Waals surface area contributed by atoms with Gasteiger partial charge in [-0.2, -0.15) is 0 Å². The lowest BCUT2D eigenvalue weighted by atomic mass is 10.1. The molecule has 0 aromatic heterocycles. The Hall–Kier alpha value is -1.09. The number of hydrogen-bond donors (Lipinski definition) is 1. The van der Waals surface area contributed by atoms with E-state index in [0.717, 1.165) is 45.0 Å². The van der Waals surface area contributed by atoms with E-state index in [4.69, 9.17) is 5.73 Å². The minimum Gasteiger partial charge on any atom is -0.370 e. The van der Waals surface area contributed by atoms with Crippen molar-refractivity contribution in [2.75, 3.05) is 57.3 Å². The smallest absolute Gasteiger partial charge is 0.191 e. The second-order valence-corrected chi connectivity index (χ2v) is 7.62. The van der Waals surface area contributed by atoms with Crippen molar-refractivity contribution in [1.29, 1.82) is 0 Å². The molecule has 1 aromatic carbocycles. The predicted molar refractivity (Wildman–Crippen MR) is 122 cm³/mol. The molecule has 1 aromatic rings. The van der Waals surface area contributed by atoms with E-state index in [1.54, 1.807) is 0 Å². The summed E-state index contributed by atoms with van der Waals surface area (Å²) in [5.41, 5.74) is 7.29. The van der Waals surface area contributed by atoms with Crippen LogP contribution in [0.2, 0.25) is 0 Å². The molecule has 0 bridgehead atoms. The summed E-state index contributed by atoms with van der Waals surface area (Å²) in [7, 11) is 0. The van der Waals surface area contributed by atoms with Gasteiger partial charge in [0.2, 0.25) is 0 Å². The summed E-state index contributed by atoms with van der Waals surface area (Å²) in [5, 5.41) is 0. The molecule has 5 nitrogen and oxygen atoms in total. The van der Waals surface area contributed by atoms with Crippen molar-refractivity contribution in [2.45, 2.75) is 26.2 Å². The van der Waals surface area contributed by atoms with E-state index in [1.165, 1.54) is 44.5 Å². The molecular weight excluding hydrogens is 456 g/mol. The lowest BCUT2D eigenvalue weighted by Gasteiger charge is -2.36. The second-order valence-electron chi connectivity index (χ2n) is 7.62.